The predicted molar refractivity (Wildman–Crippen MR) is 93.4 cm³/mol. The molecule has 0 radical (unpaired) electrons. The van der Waals surface area contributed by atoms with Gasteiger partial charge in [0.25, 0.3) is 0 Å². The lowest BCUT2D eigenvalue weighted by atomic mass is 9.94. The fourth-order valence-electron chi connectivity index (χ4n) is 2.33. The van der Waals surface area contributed by atoms with Crippen molar-refractivity contribution < 1.29 is 18.0 Å². The molecule has 0 saturated heterocycles. The highest BCUT2D eigenvalue weighted by molar-refractivity contribution is 6.45. The van der Waals surface area contributed by atoms with Crippen LogP contribution in [0.4, 0.5) is 18.9 Å². The van der Waals surface area contributed by atoms with Crippen LogP contribution >= 0.6 is 0 Å². The summed E-state index contributed by atoms with van der Waals surface area (Å²) in [6, 6.07) is 2.31. The van der Waals surface area contributed by atoms with Gasteiger partial charge in [0.1, 0.15) is 11.5 Å². The smallest absolute Gasteiger partial charge is 0.381 e. The predicted octanol–water partition coefficient (Wildman–Crippen LogP) is 4.03. The maximum Gasteiger partial charge on any atom is 0.418 e. The molecule has 0 saturated carbocycles. The molecule has 0 atom stereocenters. The first-order valence-corrected chi connectivity index (χ1v) is 7.64. The maximum atomic E-state index is 13.6. The van der Waals surface area contributed by atoms with Crippen molar-refractivity contribution in [3.05, 3.63) is 54.1 Å². The second-order valence-electron chi connectivity index (χ2n) is 5.56. The van der Waals surface area contributed by atoms with E-state index in [1.165, 1.54) is 24.5 Å². The highest BCUT2D eigenvalue weighted by Crippen LogP contribution is 2.40. The Morgan fingerprint density at radius 2 is 1.88 bits per heavy atom. The molecule has 26 heavy (non-hydrogen) atoms. The van der Waals surface area contributed by atoms with Crippen LogP contribution < -0.4 is 5.32 Å². The van der Waals surface area contributed by atoms with E-state index >= 15 is 0 Å². The number of aromatic nitrogens is 2. The Morgan fingerprint density at radius 1 is 1.27 bits per heavy atom. The number of nitrogens with one attached hydrogen (secondary N) is 2. The number of halogens is 3. The van der Waals surface area contributed by atoms with Crippen LogP contribution in [0.15, 0.2) is 37.2 Å². The molecule has 0 aliphatic carbocycles. The Balaban J connectivity index is 2.78. The van der Waals surface area contributed by atoms with E-state index in [4.69, 9.17) is 5.41 Å². The molecule has 2 N–H and O–H groups in total. The molecular weight excluding hydrogens is 345 g/mol. The number of aryl methyl sites for hydroxylation is 1. The molecule has 136 valence electrons. The van der Waals surface area contributed by atoms with Crippen molar-refractivity contribution in [1.29, 1.82) is 5.41 Å². The minimum absolute atomic E-state index is 0.0499. The largest absolute Gasteiger partial charge is 0.418 e. The number of nitrogens with zero attached hydrogens (tertiary/aromatic N) is 2. The Bertz CT molecular complexity index is 858. The number of rotatable bonds is 6. The van der Waals surface area contributed by atoms with E-state index in [0.29, 0.717) is 11.4 Å². The topological polar surface area (TPSA) is 78.7 Å². The van der Waals surface area contributed by atoms with Crippen LogP contribution in [-0.4, -0.2) is 28.0 Å². The first-order chi connectivity index (χ1) is 12.1. The minimum atomic E-state index is -4.68. The summed E-state index contributed by atoms with van der Waals surface area (Å²) in [6.45, 7) is 6.31. The van der Waals surface area contributed by atoms with Gasteiger partial charge in [0.2, 0.25) is 0 Å². The van der Waals surface area contributed by atoms with Gasteiger partial charge in [0.05, 0.1) is 11.3 Å². The molecule has 1 aromatic carbocycles. The lowest BCUT2D eigenvalue weighted by molar-refractivity contribution is -0.137. The SMILES string of the molecule is C=CCNc1c(C(=N)C(C)=O)cc(-c2cnc(C)nc2)cc1C(F)(F)F. The van der Waals surface area contributed by atoms with E-state index < -0.39 is 23.2 Å². The van der Waals surface area contributed by atoms with Gasteiger partial charge < -0.3 is 5.32 Å². The monoisotopic (exact) mass is 362 g/mol. The molecule has 0 fully saturated rings. The normalized spacial score (nSPS) is 11.1. The second kappa shape index (κ2) is 7.47. The third kappa shape index (κ3) is 4.14. The first kappa shape index (κ1) is 19.3. The fourth-order valence-corrected chi connectivity index (χ4v) is 2.33. The van der Waals surface area contributed by atoms with Crippen molar-refractivity contribution in [3.8, 4) is 11.1 Å². The fraction of sp³-hybridized carbons (Fsp3) is 0.222. The molecule has 2 rings (SSSR count). The molecule has 0 unspecified atom stereocenters. The average Bonchev–Trinajstić information content (AvgIpc) is 2.58. The van der Waals surface area contributed by atoms with Crippen molar-refractivity contribution in [2.24, 2.45) is 0 Å². The summed E-state index contributed by atoms with van der Waals surface area (Å²) in [5.74, 6) is -0.164. The molecule has 1 heterocycles. The molecule has 2 aromatic rings. The van der Waals surface area contributed by atoms with Crippen LogP contribution in [0.5, 0.6) is 0 Å². The third-order valence-corrected chi connectivity index (χ3v) is 3.60. The highest BCUT2D eigenvalue weighted by Gasteiger charge is 2.36. The molecule has 0 amide bonds. The number of anilines is 1. The van der Waals surface area contributed by atoms with E-state index in [1.807, 2.05) is 0 Å². The van der Waals surface area contributed by atoms with Crippen molar-refractivity contribution >= 4 is 17.2 Å². The van der Waals surface area contributed by atoms with Gasteiger partial charge in [-0.1, -0.05) is 6.08 Å². The first-order valence-electron chi connectivity index (χ1n) is 7.64. The lowest BCUT2D eigenvalue weighted by Crippen LogP contribution is -2.18. The average molecular weight is 362 g/mol. The standard InChI is InChI=1S/C18H17F3N4O/c1-4-5-23-17-14(16(22)10(2)26)6-12(7-15(17)18(19,20)21)13-8-24-11(3)25-9-13/h4,6-9,22-23H,1,5H2,2-3H3. The van der Waals surface area contributed by atoms with Crippen LogP contribution in [0.2, 0.25) is 0 Å². The number of carbonyl (C=O) groups is 1. The zero-order valence-corrected chi connectivity index (χ0v) is 14.2. The summed E-state index contributed by atoms with van der Waals surface area (Å²) in [5.41, 5.74) is -1.43. The quantitative estimate of drug-likeness (QED) is 0.601. The Hall–Kier alpha value is -3.03. The third-order valence-electron chi connectivity index (χ3n) is 3.60. The van der Waals surface area contributed by atoms with Crippen LogP contribution in [-0.2, 0) is 11.0 Å². The van der Waals surface area contributed by atoms with Crippen LogP contribution in [0.1, 0.15) is 23.9 Å². The van der Waals surface area contributed by atoms with Gasteiger partial charge in [-0.05, 0) is 24.6 Å². The van der Waals surface area contributed by atoms with Crippen molar-refractivity contribution in [2.45, 2.75) is 20.0 Å². The van der Waals surface area contributed by atoms with Crippen LogP contribution in [0.3, 0.4) is 0 Å². The summed E-state index contributed by atoms with van der Waals surface area (Å²) < 4.78 is 40.9. The number of hydrogen-bond acceptors (Lipinski definition) is 5. The molecule has 8 heteroatoms. The Morgan fingerprint density at radius 3 is 2.38 bits per heavy atom. The van der Waals surface area contributed by atoms with Gasteiger partial charge >= 0.3 is 6.18 Å². The van der Waals surface area contributed by atoms with E-state index in [2.05, 4.69) is 21.9 Å². The Kier molecular flexibility index (Phi) is 5.54. The van der Waals surface area contributed by atoms with E-state index in [0.717, 1.165) is 13.0 Å². The van der Waals surface area contributed by atoms with E-state index in [-0.39, 0.29) is 23.4 Å². The van der Waals surface area contributed by atoms with Gasteiger partial charge in [0, 0.05) is 37.0 Å². The summed E-state index contributed by atoms with van der Waals surface area (Å²) in [6.07, 6.45) is -0.494. The number of hydrogen-bond donors (Lipinski definition) is 2. The van der Waals surface area contributed by atoms with Crippen molar-refractivity contribution in [1.82, 2.24) is 9.97 Å². The molecule has 0 spiro atoms. The molecule has 5 nitrogen and oxygen atoms in total. The Labute approximate surface area is 148 Å². The molecule has 0 aliphatic rings. The molecule has 0 aliphatic heterocycles. The number of carbonyl (C=O) groups excluding carboxylic acids is 1. The summed E-state index contributed by atoms with van der Waals surface area (Å²) >= 11 is 0. The van der Waals surface area contributed by atoms with Crippen molar-refractivity contribution in [3.63, 3.8) is 0 Å². The number of ketones is 1. The molecular formula is C18H17F3N4O. The number of Topliss-reactive ketones (excluding diaryl/α,β-unsaturated/α-hetero) is 1. The number of benzene rings is 1. The van der Waals surface area contributed by atoms with Gasteiger partial charge in [-0.25, -0.2) is 9.97 Å². The zero-order chi connectivity index (χ0) is 19.5. The molecule has 0 bridgehead atoms. The summed E-state index contributed by atoms with van der Waals surface area (Å²) in [7, 11) is 0. The van der Waals surface area contributed by atoms with Gasteiger partial charge in [0.15, 0.2) is 5.78 Å². The maximum absolute atomic E-state index is 13.6. The van der Waals surface area contributed by atoms with E-state index in [1.54, 1.807) is 6.92 Å². The molecule has 1 aromatic heterocycles. The second-order valence-corrected chi connectivity index (χ2v) is 5.56. The van der Waals surface area contributed by atoms with Gasteiger partial charge in [-0.15, -0.1) is 6.58 Å². The van der Waals surface area contributed by atoms with Crippen LogP contribution in [0, 0.1) is 12.3 Å². The highest BCUT2D eigenvalue weighted by atomic mass is 19.4. The number of alkyl halides is 3. The lowest BCUT2D eigenvalue weighted by Gasteiger charge is -2.19. The summed E-state index contributed by atoms with van der Waals surface area (Å²) in [4.78, 5) is 19.6. The van der Waals surface area contributed by atoms with E-state index in [9.17, 15) is 18.0 Å². The van der Waals surface area contributed by atoms with Crippen molar-refractivity contribution in [2.75, 3.05) is 11.9 Å². The minimum Gasteiger partial charge on any atom is -0.381 e. The summed E-state index contributed by atoms with van der Waals surface area (Å²) in [5, 5.41) is 10.5. The van der Waals surface area contributed by atoms with Gasteiger partial charge in [-0.2, -0.15) is 13.2 Å². The van der Waals surface area contributed by atoms with Crippen LogP contribution in [0.25, 0.3) is 11.1 Å². The zero-order valence-electron chi connectivity index (χ0n) is 14.2. The van der Waals surface area contributed by atoms with Gasteiger partial charge in [-0.3, -0.25) is 10.2 Å².